The van der Waals surface area contributed by atoms with Crippen LogP contribution in [0.25, 0.3) is 22.2 Å². The van der Waals surface area contributed by atoms with Gasteiger partial charge in [-0.2, -0.15) is 4.98 Å². The molecular formula is C33H43N5O6. The van der Waals surface area contributed by atoms with Gasteiger partial charge in [0.15, 0.2) is 0 Å². The number of nitrogens with one attached hydrogen (secondary N) is 1. The van der Waals surface area contributed by atoms with E-state index in [4.69, 9.17) is 23.7 Å². The van der Waals surface area contributed by atoms with Crippen molar-refractivity contribution >= 4 is 28.9 Å². The third-order valence-electron chi connectivity index (χ3n) is 7.49. The summed E-state index contributed by atoms with van der Waals surface area (Å²) in [6, 6.07) is 11.7. The molecule has 1 N–H and O–H groups in total. The summed E-state index contributed by atoms with van der Waals surface area (Å²) in [6.45, 7) is 11.8. The first-order valence-corrected chi connectivity index (χ1v) is 15.4. The van der Waals surface area contributed by atoms with Crippen LogP contribution in [0, 0.1) is 5.92 Å². The van der Waals surface area contributed by atoms with Crippen molar-refractivity contribution in [2.75, 3.05) is 13.2 Å². The van der Waals surface area contributed by atoms with Crippen LogP contribution < -0.4 is 10.1 Å². The molecule has 236 valence electrons. The SMILES string of the molecule is CC(C)(C)OC(=O)N=C(NC(=O)OC(C)(C)C)N1CCCC1c1nc(-c2ccc3cc(OCC4CCCC4)ccc3c2)no1. The van der Waals surface area contributed by atoms with Crippen LogP contribution in [0.15, 0.2) is 45.9 Å². The Balaban J connectivity index is 1.33. The van der Waals surface area contributed by atoms with Crippen LogP contribution >= 0.6 is 0 Å². The molecule has 1 unspecified atom stereocenters. The Morgan fingerprint density at radius 2 is 1.66 bits per heavy atom. The highest BCUT2D eigenvalue weighted by Crippen LogP contribution is 2.33. The minimum atomic E-state index is -0.830. The van der Waals surface area contributed by atoms with Crippen molar-refractivity contribution in [1.82, 2.24) is 20.4 Å². The Morgan fingerprint density at radius 1 is 0.955 bits per heavy atom. The van der Waals surface area contributed by atoms with Crippen molar-refractivity contribution in [3.05, 3.63) is 42.3 Å². The number of carbonyl (C=O) groups excluding carboxylic acids is 2. The van der Waals surface area contributed by atoms with Crippen LogP contribution in [0.3, 0.4) is 0 Å². The van der Waals surface area contributed by atoms with Gasteiger partial charge < -0.3 is 23.6 Å². The Labute approximate surface area is 258 Å². The summed E-state index contributed by atoms with van der Waals surface area (Å²) in [5.41, 5.74) is -0.685. The summed E-state index contributed by atoms with van der Waals surface area (Å²) in [5.74, 6) is 2.35. The van der Waals surface area contributed by atoms with E-state index in [2.05, 4.69) is 21.5 Å². The molecule has 2 aliphatic rings. The number of aromatic nitrogens is 2. The summed E-state index contributed by atoms with van der Waals surface area (Å²) < 4.78 is 22.6. The molecule has 0 radical (unpaired) electrons. The third kappa shape index (κ3) is 8.27. The molecule has 44 heavy (non-hydrogen) atoms. The van der Waals surface area contributed by atoms with Crippen molar-refractivity contribution in [3.63, 3.8) is 0 Å². The zero-order valence-electron chi connectivity index (χ0n) is 26.5. The van der Waals surface area contributed by atoms with E-state index in [0.717, 1.165) is 35.1 Å². The molecule has 2 heterocycles. The van der Waals surface area contributed by atoms with Gasteiger partial charge in [-0.3, -0.25) is 5.32 Å². The molecule has 0 spiro atoms. The molecule has 0 bridgehead atoms. The minimum absolute atomic E-state index is 0.00686. The fourth-order valence-corrected chi connectivity index (χ4v) is 5.54. The number of ether oxygens (including phenoxy) is 3. The zero-order valence-corrected chi connectivity index (χ0v) is 26.5. The summed E-state index contributed by atoms with van der Waals surface area (Å²) >= 11 is 0. The van der Waals surface area contributed by atoms with E-state index in [0.29, 0.717) is 30.6 Å². The predicted molar refractivity (Wildman–Crippen MR) is 166 cm³/mol. The number of nitrogens with zero attached hydrogens (tertiary/aromatic N) is 4. The monoisotopic (exact) mass is 605 g/mol. The highest BCUT2D eigenvalue weighted by atomic mass is 16.6. The summed E-state index contributed by atoms with van der Waals surface area (Å²) in [7, 11) is 0. The lowest BCUT2D eigenvalue weighted by molar-refractivity contribution is 0.0553. The first-order chi connectivity index (χ1) is 20.8. The van der Waals surface area contributed by atoms with Crippen LogP contribution in [0.5, 0.6) is 5.75 Å². The Kier molecular flexibility index (Phi) is 9.12. The summed E-state index contributed by atoms with van der Waals surface area (Å²) in [6.07, 6.45) is 4.95. The van der Waals surface area contributed by atoms with E-state index < -0.39 is 29.4 Å². The van der Waals surface area contributed by atoms with Gasteiger partial charge in [-0.05, 0) is 102 Å². The molecule has 1 aliphatic heterocycles. The molecule has 11 nitrogen and oxygen atoms in total. The first-order valence-electron chi connectivity index (χ1n) is 15.4. The molecule has 1 aliphatic carbocycles. The highest BCUT2D eigenvalue weighted by Gasteiger charge is 2.35. The Morgan fingerprint density at radius 3 is 2.39 bits per heavy atom. The number of hydrogen-bond donors (Lipinski definition) is 1. The van der Waals surface area contributed by atoms with Gasteiger partial charge in [0.25, 0.3) is 0 Å². The normalized spacial score (nSPS) is 18.1. The zero-order chi connectivity index (χ0) is 31.5. The number of likely N-dealkylation sites (tertiary alicyclic amines) is 1. The molecule has 2 amide bonds. The lowest BCUT2D eigenvalue weighted by Crippen LogP contribution is -2.46. The van der Waals surface area contributed by atoms with Crippen LogP contribution in [0.4, 0.5) is 9.59 Å². The quantitative estimate of drug-likeness (QED) is 0.233. The van der Waals surface area contributed by atoms with Crippen molar-refractivity contribution < 1.29 is 28.3 Å². The number of alkyl carbamates (subject to hydrolysis) is 1. The van der Waals surface area contributed by atoms with Gasteiger partial charge >= 0.3 is 12.2 Å². The molecule has 2 fully saturated rings. The molecule has 1 aromatic heterocycles. The molecule has 11 heteroatoms. The Hall–Kier alpha value is -4.15. The minimum Gasteiger partial charge on any atom is -0.493 e. The molecule has 3 aromatic rings. The van der Waals surface area contributed by atoms with Gasteiger partial charge in [-0.1, -0.05) is 36.2 Å². The van der Waals surface area contributed by atoms with Crippen molar-refractivity contribution in [2.45, 2.75) is 97.3 Å². The number of hydrogen-bond acceptors (Lipinski definition) is 8. The Bertz CT molecular complexity index is 1510. The lowest BCUT2D eigenvalue weighted by atomic mass is 10.1. The largest absolute Gasteiger partial charge is 0.493 e. The smallest absolute Gasteiger partial charge is 0.437 e. The molecular weight excluding hydrogens is 562 g/mol. The maximum Gasteiger partial charge on any atom is 0.437 e. The number of benzene rings is 2. The average molecular weight is 606 g/mol. The van der Waals surface area contributed by atoms with Crippen molar-refractivity contribution in [3.8, 4) is 17.1 Å². The van der Waals surface area contributed by atoms with Gasteiger partial charge in [0, 0.05) is 12.1 Å². The van der Waals surface area contributed by atoms with Crippen molar-refractivity contribution in [1.29, 1.82) is 0 Å². The third-order valence-corrected chi connectivity index (χ3v) is 7.49. The molecule has 1 saturated carbocycles. The van der Waals surface area contributed by atoms with Crippen molar-refractivity contribution in [2.24, 2.45) is 10.9 Å². The fraction of sp³-hybridized carbons (Fsp3) is 0.545. The standard InChI is InChI=1S/C33H43N5O6/c1-32(2,3)42-30(39)35-29(36-31(40)43-33(4,5)6)38-17-9-12-26(38)28-34-27(37-44-28)24-14-13-23-19-25(16-15-22(23)18-24)41-20-21-10-7-8-11-21/h13-16,18-19,21,26H,7-12,17,20H2,1-6H3,(H,35,36,39,40). The predicted octanol–water partition coefficient (Wildman–Crippen LogP) is 7.41. The average Bonchev–Trinajstić information content (AvgIpc) is 3.71. The van der Waals surface area contributed by atoms with Gasteiger partial charge in [0.05, 0.1) is 6.61 Å². The van der Waals surface area contributed by atoms with Gasteiger partial charge in [-0.15, -0.1) is 4.99 Å². The number of aliphatic imine (C=N–C) groups is 1. The number of rotatable bonds is 5. The van der Waals surface area contributed by atoms with Crippen LogP contribution in [-0.4, -0.2) is 57.5 Å². The van der Waals surface area contributed by atoms with Gasteiger partial charge in [0.1, 0.15) is 23.0 Å². The van der Waals surface area contributed by atoms with Crippen LogP contribution in [-0.2, 0) is 9.47 Å². The lowest BCUT2D eigenvalue weighted by Gasteiger charge is -2.27. The van der Waals surface area contributed by atoms with E-state index >= 15 is 0 Å². The summed E-state index contributed by atoms with van der Waals surface area (Å²) in [5, 5.41) is 9.00. The molecule has 5 rings (SSSR count). The highest BCUT2D eigenvalue weighted by molar-refractivity contribution is 5.99. The van der Waals surface area contributed by atoms with Gasteiger partial charge in [0.2, 0.25) is 17.7 Å². The van der Waals surface area contributed by atoms with Gasteiger partial charge in [-0.25, -0.2) is 9.59 Å². The second-order valence-electron chi connectivity index (χ2n) is 13.5. The topological polar surface area (TPSA) is 128 Å². The van der Waals surface area contributed by atoms with E-state index in [1.54, 1.807) is 46.4 Å². The molecule has 2 aromatic carbocycles. The van der Waals surface area contributed by atoms with E-state index in [9.17, 15) is 9.59 Å². The van der Waals surface area contributed by atoms with E-state index in [-0.39, 0.29) is 5.96 Å². The fourth-order valence-electron chi connectivity index (χ4n) is 5.54. The second-order valence-corrected chi connectivity index (χ2v) is 13.5. The molecule has 1 saturated heterocycles. The number of amides is 2. The van der Waals surface area contributed by atoms with Crippen LogP contribution in [0.1, 0.15) is 92.0 Å². The number of guanidine groups is 1. The second kappa shape index (κ2) is 12.8. The molecule has 1 atom stereocenters. The maximum atomic E-state index is 12.7. The summed E-state index contributed by atoms with van der Waals surface area (Å²) in [4.78, 5) is 35.9. The van der Waals surface area contributed by atoms with Crippen LogP contribution in [0.2, 0.25) is 0 Å². The maximum absolute atomic E-state index is 12.7. The van der Waals surface area contributed by atoms with E-state index in [1.807, 2.05) is 30.3 Å². The van der Waals surface area contributed by atoms with E-state index in [1.165, 1.54) is 25.7 Å². The number of fused-ring (bicyclic) bond motifs is 1. The number of carbonyl (C=O) groups is 2. The first kappa shape index (κ1) is 31.3.